The first-order valence-corrected chi connectivity index (χ1v) is 13.8. The molecule has 12 nitrogen and oxygen atoms in total. The number of hydrogen-bond donors (Lipinski definition) is 0. The monoisotopic (exact) mass is 554 g/mol. The lowest BCUT2D eigenvalue weighted by atomic mass is 10.1. The first-order chi connectivity index (χ1) is 17.1. The summed E-state index contributed by atoms with van der Waals surface area (Å²) in [6.07, 6.45) is 0. The van der Waals surface area contributed by atoms with Gasteiger partial charge in [-0.15, -0.1) is 16.7 Å². The number of aromatic nitrogens is 4. The van der Waals surface area contributed by atoms with E-state index in [1.165, 1.54) is 27.8 Å². The number of non-ortho nitro benzene ring substituents is 1. The van der Waals surface area contributed by atoms with Crippen LogP contribution in [0.2, 0.25) is 0 Å². The molecule has 15 heteroatoms. The number of para-hydroxylation sites is 1. The molecule has 1 aromatic heterocycles. The van der Waals surface area contributed by atoms with Crippen LogP contribution in [0.15, 0.2) is 53.7 Å². The van der Waals surface area contributed by atoms with Crippen LogP contribution in [0.4, 0.5) is 10.5 Å². The summed E-state index contributed by atoms with van der Waals surface area (Å²) in [5, 5.41) is 22.2. The molecule has 36 heavy (non-hydrogen) atoms. The number of tetrazole rings is 1. The molecule has 1 heterocycles. The number of alkyl halides is 1. The maximum Gasteiger partial charge on any atom is 0.290 e. The lowest BCUT2D eigenvalue weighted by molar-refractivity contribution is -0.385. The van der Waals surface area contributed by atoms with Crippen molar-refractivity contribution in [3.05, 3.63) is 64.2 Å². The molecule has 0 spiro atoms. The Balaban J connectivity index is 1.84. The Hall–Kier alpha value is -3.23. The molecule has 192 valence electrons. The van der Waals surface area contributed by atoms with Gasteiger partial charge >= 0.3 is 0 Å². The van der Waals surface area contributed by atoms with Crippen molar-refractivity contribution in [3.63, 3.8) is 0 Å². The van der Waals surface area contributed by atoms with E-state index >= 15 is 0 Å². The maximum atomic E-state index is 13.3. The Morgan fingerprint density at radius 3 is 2.61 bits per heavy atom. The highest BCUT2D eigenvalue weighted by Gasteiger charge is 2.25. The van der Waals surface area contributed by atoms with Crippen LogP contribution in [0.25, 0.3) is 5.69 Å². The summed E-state index contributed by atoms with van der Waals surface area (Å²) < 4.78 is 30.4. The summed E-state index contributed by atoms with van der Waals surface area (Å²) in [7, 11) is -3.49. The van der Waals surface area contributed by atoms with Gasteiger partial charge in [0.15, 0.2) is 9.84 Å². The van der Waals surface area contributed by atoms with Gasteiger partial charge in [-0.25, -0.2) is 8.42 Å². The fourth-order valence-corrected chi connectivity index (χ4v) is 4.66. The molecule has 0 fully saturated rings. The highest BCUT2D eigenvalue weighted by atomic mass is 35.5. The number of nitro groups is 1. The minimum atomic E-state index is -3.49. The number of benzene rings is 2. The van der Waals surface area contributed by atoms with Crippen LogP contribution >= 0.6 is 23.4 Å². The number of sulfone groups is 1. The van der Waals surface area contributed by atoms with Gasteiger partial charge < -0.3 is 9.64 Å². The molecule has 0 unspecified atom stereocenters. The standard InChI is InChI=1S/C21H23ClN6O6S2/c1-15(2)26(21(29)35-20-23-24-25-27(20)17-6-4-3-5-7-17)13-16-12-18(28(30)31)8-9-19(16)34-10-11-36(32,33)14-22/h3-9,12,15H,10-11,13-14H2,1-2H3. The summed E-state index contributed by atoms with van der Waals surface area (Å²) in [4.78, 5) is 25.5. The number of nitrogens with zero attached hydrogens (tertiary/aromatic N) is 6. The van der Waals surface area contributed by atoms with E-state index in [1.807, 2.05) is 18.2 Å². The Labute approximate surface area is 216 Å². The fourth-order valence-electron chi connectivity index (χ4n) is 3.03. The summed E-state index contributed by atoms with van der Waals surface area (Å²) in [5.74, 6) is -0.0967. The van der Waals surface area contributed by atoms with Crippen molar-refractivity contribution in [2.24, 2.45) is 0 Å². The van der Waals surface area contributed by atoms with E-state index < -0.39 is 20.0 Å². The van der Waals surface area contributed by atoms with E-state index in [-0.39, 0.29) is 46.8 Å². The molecule has 3 rings (SSSR count). The third-order valence-corrected chi connectivity index (χ3v) is 7.86. The summed E-state index contributed by atoms with van der Waals surface area (Å²) in [6.45, 7) is 3.36. The predicted octanol–water partition coefficient (Wildman–Crippen LogP) is 3.68. The minimum absolute atomic E-state index is 0.0321. The molecule has 0 saturated heterocycles. The van der Waals surface area contributed by atoms with Gasteiger partial charge in [0.1, 0.15) is 17.6 Å². The van der Waals surface area contributed by atoms with Crippen molar-refractivity contribution in [1.29, 1.82) is 0 Å². The second-order valence-corrected chi connectivity index (χ2v) is 11.4. The molecule has 0 aliphatic rings. The van der Waals surface area contributed by atoms with E-state index in [1.54, 1.807) is 26.0 Å². The topological polar surface area (TPSA) is 150 Å². The van der Waals surface area contributed by atoms with Crippen LogP contribution in [0.3, 0.4) is 0 Å². The van der Waals surface area contributed by atoms with Crippen molar-refractivity contribution in [2.75, 3.05) is 17.6 Å². The van der Waals surface area contributed by atoms with E-state index in [2.05, 4.69) is 15.5 Å². The Kier molecular flexibility index (Phi) is 9.23. The quantitative estimate of drug-likeness (QED) is 0.148. The number of nitro benzene ring substituents is 1. The SMILES string of the molecule is CC(C)N(Cc1cc([N+](=O)[O-])ccc1OCCS(=O)(=O)CCl)C(=O)Sc1nnnn1-c1ccccc1. The lowest BCUT2D eigenvalue weighted by Crippen LogP contribution is -2.34. The maximum absolute atomic E-state index is 13.3. The zero-order valence-corrected chi connectivity index (χ0v) is 21.7. The molecule has 0 atom stereocenters. The average Bonchev–Trinajstić information content (AvgIpc) is 3.31. The van der Waals surface area contributed by atoms with E-state index in [0.29, 0.717) is 11.3 Å². The molecule has 0 radical (unpaired) electrons. The third-order valence-electron chi connectivity index (χ3n) is 4.89. The number of ether oxygens (including phenoxy) is 1. The normalized spacial score (nSPS) is 11.4. The van der Waals surface area contributed by atoms with Gasteiger partial charge in [0.25, 0.3) is 10.9 Å². The Morgan fingerprint density at radius 2 is 1.97 bits per heavy atom. The molecular formula is C21H23ClN6O6S2. The molecule has 0 aliphatic carbocycles. The average molecular weight is 555 g/mol. The first kappa shape index (κ1) is 27.4. The van der Waals surface area contributed by atoms with Gasteiger partial charge in [-0.2, -0.15) is 4.68 Å². The number of carbonyl (C=O) groups is 1. The number of amides is 1. The van der Waals surface area contributed by atoms with Crippen LogP contribution in [0.5, 0.6) is 5.75 Å². The zero-order valence-electron chi connectivity index (χ0n) is 19.4. The second kappa shape index (κ2) is 12.1. The van der Waals surface area contributed by atoms with E-state index in [0.717, 1.165) is 11.8 Å². The number of halogens is 1. The zero-order chi connectivity index (χ0) is 26.3. The van der Waals surface area contributed by atoms with E-state index in [4.69, 9.17) is 16.3 Å². The highest BCUT2D eigenvalue weighted by Crippen LogP contribution is 2.29. The smallest absolute Gasteiger partial charge is 0.290 e. The molecule has 0 saturated carbocycles. The first-order valence-electron chi connectivity index (χ1n) is 10.6. The van der Waals surface area contributed by atoms with Crippen LogP contribution in [0.1, 0.15) is 19.4 Å². The summed E-state index contributed by atoms with van der Waals surface area (Å²) in [6, 6.07) is 12.7. The summed E-state index contributed by atoms with van der Waals surface area (Å²) >= 11 is 6.24. The molecule has 0 bridgehead atoms. The number of rotatable bonds is 11. The number of thioether (sulfide) groups is 1. The molecular weight excluding hydrogens is 532 g/mol. The number of hydrogen-bond acceptors (Lipinski definition) is 10. The van der Waals surface area contributed by atoms with Crippen LogP contribution in [-0.4, -0.2) is 67.3 Å². The number of carbonyl (C=O) groups excluding carboxylic acids is 1. The fraction of sp³-hybridized carbons (Fsp3) is 0.333. The predicted molar refractivity (Wildman–Crippen MR) is 134 cm³/mol. The molecule has 2 aromatic carbocycles. The molecule has 1 amide bonds. The van der Waals surface area contributed by atoms with Gasteiger partial charge in [-0.1, -0.05) is 18.2 Å². The van der Waals surface area contributed by atoms with Gasteiger partial charge in [0.05, 0.1) is 22.9 Å². The highest BCUT2D eigenvalue weighted by molar-refractivity contribution is 8.13. The largest absolute Gasteiger partial charge is 0.492 e. The van der Waals surface area contributed by atoms with Crippen LogP contribution in [-0.2, 0) is 16.4 Å². The minimum Gasteiger partial charge on any atom is -0.492 e. The van der Waals surface area contributed by atoms with Crippen molar-refractivity contribution in [1.82, 2.24) is 25.1 Å². The van der Waals surface area contributed by atoms with Gasteiger partial charge in [-0.05, 0) is 42.5 Å². The molecule has 3 aromatic rings. The molecule has 0 aliphatic heterocycles. The Bertz CT molecular complexity index is 1320. The van der Waals surface area contributed by atoms with Crippen molar-refractivity contribution < 1.29 is 22.9 Å². The van der Waals surface area contributed by atoms with Crippen LogP contribution in [0, 0.1) is 10.1 Å². The van der Waals surface area contributed by atoms with Gasteiger partial charge in [0, 0.05) is 35.5 Å². The summed E-state index contributed by atoms with van der Waals surface area (Å²) in [5.41, 5.74) is 0.829. The van der Waals surface area contributed by atoms with Crippen LogP contribution < -0.4 is 4.74 Å². The van der Waals surface area contributed by atoms with Crippen molar-refractivity contribution in [2.45, 2.75) is 31.6 Å². The van der Waals surface area contributed by atoms with Gasteiger partial charge in [0.2, 0.25) is 5.16 Å². The van der Waals surface area contributed by atoms with Crippen molar-refractivity contribution in [3.8, 4) is 11.4 Å². The third kappa shape index (κ3) is 7.15. The lowest BCUT2D eigenvalue weighted by Gasteiger charge is -2.27. The Morgan fingerprint density at radius 1 is 1.25 bits per heavy atom. The van der Waals surface area contributed by atoms with Gasteiger partial charge in [-0.3, -0.25) is 14.9 Å². The van der Waals surface area contributed by atoms with E-state index in [9.17, 15) is 23.3 Å². The molecule has 0 N–H and O–H groups in total. The second-order valence-electron chi connectivity index (χ2n) is 7.75. The van der Waals surface area contributed by atoms with Crippen molar-refractivity contribution >= 4 is 44.1 Å².